The van der Waals surface area contributed by atoms with E-state index in [-0.39, 0.29) is 6.04 Å². The highest BCUT2D eigenvalue weighted by molar-refractivity contribution is 6.31. The summed E-state index contributed by atoms with van der Waals surface area (Å²) in [5.74, 6) is 0. The zero-order valence-electron chi connectivity index (χ0n) is 11.8. The summed E-state index contributed by atoms with van der Waals surface area (Å²) < 4.78 is 1.88. The number of fused-ring (bicyclic) bond motifs is 1. The molecule has 0 spiro atoms. The molecule has 1 aromatic carbocycles. The van der Waals surface area contributed by atoms with Crippen molar-refractivity contribution in [2.75, 3.05) is 0 Å². The van der Waals surface area contributed by atoms with Crippen LogP contribution in [0.2, 0.25) is 5.02 Å². The lowest BCUT2D eigenvalue weighted by atomic mass is 10.0. The predicted octanol–water partition coefficient (Wildman–Crippen LogP) is 3.54. The fourth-order valence-electron chi connectivity index (χ4n) is 2.60. The Balaban J connectivity index is 2.13. The van der Waals surface area contributed by atoms with Crippen LogP contribution < -0.4 is 5.73 Å². The minimum Gasteiger partial charge on any atom is -0.319 e. The van der Waals surface area contributed by atoms with Gasteiger partial charge in [-0.2, -0.15) is 5.10 Å². The summed E-state index contributed by atoms with van der Waals surface area (Å²) in [6.07, 6.45) is 4.42. The highest BCUT2D eigenvalue weighted by Gasteiger charge is 2.20. The monoisotopic (exact) mass is 300 g/mol. The number of rotatable bonds is 4. The van der Waals surface area contributed by atoms with Crippen LogP contribution in [0, 0.1) is 0 Å². The molecule has 4 nitrogen and oxygen atoms in total. The van der Waals surface area contributed by atoms with Crippen molar-refractivity contribution in [1.29, 1.82) is 0 Å². The number of para-hydroxylation sites is 1. The van der Waals surface area contributed by atoms with E-state index in [9.17, 15) is 0 Å². The van der Waals surface area contributed by atoms with Gasteiger partial charge in [-0.05, 0) is 12.5 Å². The molecule has 0 aliphatic heterocycles. The molecule has 1 unspecified atom stereocenters. The number of aromatic nitrogens is 3. The van der Waals surface area contributed by atoms with Gasteiger partial charge >= 0.3 is 0 Å². The highest BCUT2D eigenvalue weighted by atomic mass is 35.5. The molecule has 1 atom stereocenters. The summed E-state index contributed by atoms with van der Waals surface area (Å²) in [7, 11) is 0. The lowest BCUT2D eigenvalue weighted by molar-refractivity contribution is 0.560. The summed E-state index contributed by atoms with van der Waals surface area (Å²) >= 11 is 6.29. The van der Waals surface area contributed by atoms with Crippen molar-refractivity contribution in [3.05, 3.63) is 59.0 Å². The lowest BCUT2D eigenvalue weighted by Gasteiger charge is -2.16. The molecule has 3 aromatic rings. The van der Waals surface area contributed by atoms with Gasteiger partial charge in [0.05, 0.1) is 28.5 Å². The number of hydrogen-bond donors (Lipinski definition) is 1. The fraction of sp³-hybridized carbons (Fsp3) is 0.250. The Morgan fingerprint density at radius 3 is 2.90 bits per heavy atom. The normalized spacial score (nSPS) is 12.7. The van der Waals surface area contributed by atoms with E-state index in [0.29, 0.717) is 5.02 Å². The van der Waals surface area contributed by atoms with Crippen molar-refractivity contribution in [1.82, 2.24) is 14.8 Å². The molecule has 0 bridgehead atoms. The SMILES string of the molecule is CCCn1ncc(Cl)c1C(N)c1cccc2cccnc12. The van der Waals surface area contributed by atoms with E-state index in [0.717, 1.165) is 35.1 Å². The van der Waals surface area contributed by atoms with Gasteiger partial charge in [-0.25, -0.2) is 0 Å². The molecule has 108 valence electrons. The maximum Gasteiger partial charge on any atom is 0.0837 e. The summed E-state index contributed by atoms with van der Waals surface area (Å²) in [4.78, 5) is 4.46. The molecule has 21 heavy (non-hydrogen) atoms. The molecular weight excluding hydrogens is 284 g/mol. The van der Waals surface area contributed by atoms with Crippen molar-refractivity contribution in [2.24, 2.45) is 5.73 Å². The lowest BCUT2D eigenvalue weighted by Crippen LogP contribution is -2.18. The first-order chi connectivity index (χ1) is 10.2. The number of nitrogens with zero attached hydrogens (tertiary/aromatic N) is 3. The second-order valence-electron chi connectivity index (χ2n) is 5.00. The summed E-state index contributed by atoms with van der Waals surface area (Å²) in [5.41, 5.74) is 9.19. The second-order valence-corrected chi connectivity index (χ2v) is 5.41. The summed E-state index contributed by atoms with van der Waals surface area (Å²) in [5, 5.41) is 5.99. The van der Waals surface area contributed by atoms with Gasteiger partial charge in [-0.1, -0.05) is 42.8 Å². The summed E-state index contributed by atoms with van der Waals surface area (Å²) in [6, 6.07) is 9.64. The van der Waals surface area contributed by atoms with Gasteiger partial charge in [0.15, 0.2) is 0 Å². The maximum atomic E-state index is 6.47. The van der Waals surface area contributed by atoms with Gasteiger partial charge in [0, 0.05) is 23.7 Å². The average molecular weight is 301 g/mol. The quantitative estimate of drug-likeness (QED) is 0.801. The Hall–Kier alpha value is -1.91. The molecule has 0 aliphatic rings. The van der Waals surface area contributed by atoms with Crippen LogP contribution in [0.5, 0.6) is 0 Å². The van der Waals surface area contributed by atoms with E-state index in [1.165, 1.54) is 0 Å². The molecule has 5 heteroatoms. The molecule has 3 rings (SSSR count). The average Bonchev–Trinajstić information content (AvgIpc) is 2.87. The largest absolute Gasteiger partial charge is 0.319 e. The third-order valence-electron chi connectivity index (χ3n) is 3.56. The number of aryl methyl sites for hydroxylation is 1. The Morgan fingerprint density at radius 1 is 1.29 bits per heavy atom. The molecule has 0 radical (unpaired) electrons. The smallest absolute Gasteiger partial charge is 0.0837 e. The van der Waals surface area contributed by atoms with Gasteiger partial charge in [-0.3, -0.25) is 9.67 Å². The van der Waals surface area contributed by atoms with Crippen LogP contribution in [0.1, 0.15) is 30.6 Å². The molecule has 2 aromatic heterocycles. The van der Waals surface area contributed by atoms with E-state index in [4.69, 9.17) is 17.3 Å². The fourth-order valence-corrected chi connectivity index (χ4v) is 2.86. The Bertz CT molecular complexity index is 761. The van der Waals surface area contributed by atoms with Crippen LogP contribution in [0.15, 0.2) is 42.7 Å². The van der Waals surface area contributed by atoms with Crippen LogP contribution in [0.3, 0.4) is 0 Å². The second kappa shape index (κ2) is 5.84. The molecule has 0 saturated heterocycles. The van der Waals surface area contributed by atoms with E-state index in [1.54, 1.807) is 12.4 Å². The molecule has 0 aliphatic carbocycles. The number of benzene rings is 1. The van der Waals surface area contributed by atoms with Gasteiger partial charge < -0.3 is 5.73 Å². The van der Waals surface area contributed by atoms with Crippen molar-refractivity contribution < 1.29 is 0 Å². The minimum absolute atomic E-state index is 0.342. The maximum absolute atomic E-state index is 6.47. The Labute approximate surface area is 128 Å². The van der Waals surface area contributed by atoms with Crippen LogP contribution in [-0.4, -0.2) is 14.8 Å². The zero-order valence-corrected chi connectivity index (χ0v) is 12.6. The zero-order chi connectivity index (χ0) is 14.8. The third kappa shape index (κ3) is 2.52. The van der Waals surface area contributed by atoms with Crippen molar-refractivity contribution >= 4 is 22.5 Å². The van der Waals surface area contributed by atoms with Crippen molar-refractivity contribution in [3.63, 3.8) is 0 Å². The summed E-state index contributed by atoms with van der Waals surface area (Å²) in [6.45, 7) is 2.90. The number of pyridine rings is 1. The first-order valence-electron chi connectivity index (χ1n) is 7.02. The van der Waals surface area contributed by atoms with Crippen LogP contribution in [-0.2, 0) is 6.54 Å². The van der Waals surface area contributed by atoms with Gasteiger partial charge in [-0.15, -0.1) is 0 Å². The third-order valence-corrected chi connectivity index (χ3v) is 3.85. The van der Waals surface area contributed by atoms with Crippen LogP contribution in [0.25, 0.3) is 10.9 Å². The van der Waals surface area contributed by atoms with Crippen molar-refractivity contribution in [3.8, 4) is 0 Å². The number of halogens is 1. The van der Waals surface area contributed by atoms with E-state index in [2.05, 4.69) is 17.0 Å². The van der Waals surface area contributed by atoms with Gasteiger partial charge in [0.1, 0.15) is 0 Å². The molecule has 0 saturated carbocycles. The van der Waals surface area contributed by atoms with E-state index < -0.39 is 0 Å². The topological polar surface area (TPSA) is 56.7 Å². The van der Waals surface area contributed by atoms with Gasteiger partial charge in [0.2, 0.25) is 0 Å². The molecular formula is C16H17ClN4. The molecule has 0 amide bonds. The first-order valence-corrected chi connectivity index (χ1v) is 7.40. The first kappa shape index (κ1) is 14.0. The molecule has 2 heterocycles. The number of nitrogens with two attached hydrogens (primary N) is 1. The standard InChI is InChI=1S/C16H17ClN4/c1-2-9-21-16(13(17)10-20-21)14(18)12-7-3-5-11-6-4-8-19-15(11)12/h3-8,10,14H,2,9,18H2,1H3. The minimum atomic E-state index is -0.342. The number of hydrogen-bond acceptors (Lipinski definition) is 3. The van der Waals surface area contributed by atoms with E-state index in [1.807, 2.05) is 35.0 Å². The van der Waals surface area contributed by atoms with Crippen molar-refractivity contribution in [2.45, 2.75) is 25.9 Å². The highest BCUT2D eigenvalue weighted by Crippen LogP contribution is 2.30. The predicted molar refractivity (Wildman–Crippen MR) is 85.3 cm³/mol. The van der Waals surface area contributed by atoms with Gasteiger partial charge in [0.25, 0.3) is 0 Å². The molecule has 0 fully saturated rings. The Morgan fingerprint density at radius 2 is 2.10 bits per heavy atom. The van der Waals surface area contributed by atoms with Crippen LogP contribution in [0.4, 0.5) is 0 Å². The van der Waals surface area contributed by atoms with Crippen LogP contribution >= 0.6 is 11.6 Å². The van der Waals surface area contributed by atoms with E-state index >= 15 is 0 Å². The molecule has 2 N–H and O–H groups in total. The Kier molecular flexibility index (Phi) is 3.90.